The van der Waals surface area contributed by atoms with Crippen molar-refractivity contribution >= 4 is 94.7 Å². The molecule has 0 radical (unpaired) electrons. The number of hydrogen-bond acceptors (Lipinski definition) is 13. The summed E-state index contributed by atoms with van der Waals surface area (Å²) in [6, 6.07) is 9.84. The van der Waals surface area contributed by atoms with Crippen LogP contribution >= 0.6 is 31.9 Å². The maximum absolute atomic E-state index is 14.3. The molecule has 4 saturated heterocycles. The topological polar surface area (TPSA) is 184 Å². The molecule has 502 valence electrons. The Morgan fingerprint density at radius 1 is 0.363 bits per heavy atom. The molecule has 4 aliphatic rings. The maximum atomic E-state index is 14.3. The number of carboxylic acid groups (broad SMARTS) is 1. The highest BCUT2D eigenvalue weighted by molar-refractivity contribution is 9.10. The minimum atomic E-state index is -1.49. The molecule has 3 amide bonds. The van der Waals surface area contributed by atoms with E-state index in [4.69, 9.17) is 42.3 Å². The van der Waals surface area contributed by atoms with Gasteiger partial charge in [-0.2, -0.15) is 0 Å². The van der Waals surface area contributed by atoms with Crippen molar-refractivity contribution in [3.63, 3.8) is 0 Å². The fourth-order valence-corrected chi connectivity index (χ4v) is 8.48. The third kappa shape index (κ3) is 18.3. The lowest BCUT2D eigenvalue weighted by molar-refractivity contribution is 0.00578. The minimum Gasteiger partial charge on any atom is -0.478 e. The van der Waals surface area contributed by atoms with Crippen LogP contribution in [0.5, 0.6) is 0 Å². The average Bonchev–Trinajstić information content (AvgIpc) is 1.72. The first-order chi connectivity index (χ1) is 41.2. The predicted molar refractivity (Wildman–Crippen MR) is 340 cm³/mol. The van der Waals surface area contributed by atoms with E-state index in [0.29, 0.717) is 0 Å². The lowest BCUT2D eigenvalue weighted by atomic mass is 9.49. The molecule has 4 heterocycles. The lowest BCUT2D eigenvalue weighted by Gasteiger charge is -2.32. The van der Waals surface area contributed by atoms with Crippen molar-refractivity contribution in [3.8, 4) is 0 Å². The van der Waals surface area contributed by atoms with Crippen LogP contribution in [0.25, 0.3) is 0 Å². The van der Waals surface area contributed by atoms with E-state index in [2.05, 4.69) is 37.2 Å². The largest absolute Gasteiger partial charge is 0.497 e. The monoisotopic (exact) mass is 1420 g/mol. The SMILES string of the molecule is CC1(C)OB(B2OC(C)(C)C(C)(C)O2)OC1(C)C.CN(C)C(=O)c1ccc(B2OC(C)(C)C(C)(C)O2)c(F)c1F.CN(C)C(=O)c1ccc(B2OC(C)(C)C(C)(C)O2)c(F)c1F.CN(C)C(=O)c1ccc(Br)c(F)c1F.CNC.O=C(O)c1ccc(Br)c(F)c1F. The van der Waals surface area contributed by atoms with Crippen LogP contribution in [0.1, 0.15) is 152 Å². The van der Waals surface area contributed by atoms with Crippen LogP contribution in [0.2, 0.25) is 0 Å². The molecule has 4 fully saturated rings. The number of benzene rings is 4. The van der Waals surface area contributed by atoms with Gasteiger partial charge in [0.1, 0.15) is 0 Å². The van der Waals surface area contributed by atoms with Crippen LogP contribution in [-0.2, 0) is 37.2 Å². The first kappa shape index (κ1) is 80.3. The smallest absolute Gasteiger partial charge is 0.478 e. The molecular weight excluding hydrogens is 1340 g/mol. The second-order valence-corrected chi connectivity index (χ2v) is 27.6. The maximum Gasteiger partial charge on any atom is 0.497 e. The Hall–Kier alpha value is -4.94. The van der Waals surface area contributed by atoms with Crippen LogP contribution in [0, 0.1) is 46.5 Å². The van der Waals surface area contributed by atoms with Crippen molar-refractivity contribution < 1.29 is 96.6 Å². The van der Waals surface area contributed by atoms with E-state index in [1.807, 2.05) is 125 Å². The Labute approximate surface area is 547 Å². The molecule has 4 aromatic carbocycles. The third-order valence-corrected chi connectivity index (χ3v) is 17.4. The van der Waals surface area contributed by atoms with Gasteiger partial charge in [0.25, 0.3) is 17.7 Å². The van der Waals surface area contributed by atoms with Crippen molar-refractivity contribution in [3.05, 3.63) is 126 Å². The summed E-state index contributed by atoms with van der Waals surface area (Å²) in [6.45, 7) is 30.8. The molecule has 2 N–H and O–H groups in total. The molecule has 4 aromatic rings. The van der Waals surface area contributed by atoms with Gasteiger partial charge in [-0.25, -0.2) is 39.9 Å². The molecule has 4 aliphatic heterocycles. The van der Waals surface area contributed by atoms with E-state index in [-0.39, 0.29) is 59.0 Å². The molecule has 0 aromatic heterocycles. The number of carbonyl (C=O) groups is 4. The first-order valence-corrected chi connectivity index (χ1v) is 29.9. The Bertz CT molecular complexity index is 3100. The standard InChI is InChI=1S/2C15H20BF2NO3.C12H24B2O4.C9H8BrF2NO.C7H3BrF2O2.C2H7N/c2*1-14(2)15(3,4)22-16(21-14)10-8-7-9(11(17)12(10)18)13(20)19(5)6;1-9(2)10(3,4)16-13(15-9)14-17-11(5,6)12(7,8)18-14;1-13(2)9(14)5-3-4-6(10)8(12)7(5)11;8-4-2-1-3(7(11)12)5(9)6(4)10;1-3-2/h2*7-8H,1-6H3;1-8H3;3-4H,1-2H3;1-2H,(H,11,12);3H,1-2H3. The Balaban J connectivity index is 0.000000298. The fourth-order valence-electron chi connectivity index (χ4n) is 7.87. The highest BCUT2D eigenvalue weighted by Gasteiger charge is 2.64. The number of nitrogens with one attached hydrogen (secondary N) is 1. The van der Waals surface area contributed by atoms with E-state index in [9.17, 15) is 54.3 Å². The Kier molecular flexibility index (Phi) is 26.7. The quantitative estimate of drug-likeness (QED) is 0.101. The number of carbonyl (C=O) groups excluding carboxylic acids is 3. The fraction of sp³-hybridized carbons (Fsp3) is 0.533. The summed E-state index contributed by atoms with van der Waals surface area (Å²) < 4.78 is 155. The zero-order valence-electron chi connectivity index (χ0n) is 55.9. The predicted octanol–water partition coefficient (Wildman–Crippen LogP) is 10.9. The van der Waals surface area contributed by atoms with Crippen molar-refractivity contribution in [2.45, 2.75) is 156 Å². The van der Waals surface area contributed by atoms with Gasteiger partial charge < -0.3 is 62.4 Å². The molecule has 0 spiro atoms. The van der Waals surface area contributed by atoms with Gasteiger partial charge in [-0.1, -0.05) is 12.1 Å². The van der Waals surface area contributed by atoms with Gasteiger partial charge in [0.05, 0.1) is 76.0 Å². The lowest BCUT2D eigenvalue weighted by Crippen LogP contribution is -2.41. The molecular formula is C60H82B4Br2F8N4O13. The van der Waals surface area contributed by atoms with E-state index < -0.39 is 126 Å². The van der Waals surface area contributed by atoms with Gasteiger partial charge in [0.2, 0.25) is 0 Å². The molecule has 91 heavy (non-hydrogen) atoms. The summed E-state index contributed by atoms with van der Waals surface area (Å²) in [7, 11) is 9.62. The number of hydrogen-bond donors (Lipinski definition) is 2. The molecule has 31 heteroatoms. The highest BCUT2D eigenvalue weighted by Crippen LogP contribution is 2.44. The molecule has 8 rings (SSSR count). The van der Waals surface area contributed by atoms with Crippen molar-refractivity contribution in [1.82, 2.24) is 20.0 Å². The zero-order valence-corrected chi connectivity index (χ0v) is 59.1. The molecule has 17 nitrogen and oxygen atoms in total. The van der Waals surface area contributed by atoms with Gasteiger partial charge in [-0.15, -0.1) is 0 Å². The third-order valence-electron chi connectivity index (χ3n) is 16.2. The van der Waals surface area contributed by atoms with Gasteiger partial charge in [0.15, 0.2) is 46.5 Å². The molecule has 0 unspecified atom stereocenters. The zero-order chi connectivity index (χ0) is 70.6. The van der Waals surface area contributed by atoms with Gasteiger partial charge >= 0.3 is 34.2 Å². The normalized spacial score (nSPS) is 18.7. The van der Waals surface area contributed by atoms with Crippen LogP contribution in [0.4, 0.5) is 35.1 Å². The van der Waals surface area contributed by atoms with Crippen LogP contribution in [0.15, 0.2) is 57.5 Å². The highest BCUT2D eigenvalue weighted by atomic mass is 79.9. The number of amides is 3. The number of carboxylic acids is 1. The number of rotatable bonds is 7. The summed E-state index contributed by atoms with van der Waals surface area (Å²) in [5.41, 5.74) is -5.73. The van der Waals surface area contributed by atoms with Crippen LogP contribution < -0.4 is 16.2 Å². The number of nitrogens with zero attached hydrogens (tertiary/aromatic N) is 3. The average molecular weight is 1420 g/mol. The second-order valence-electron chi connectivity index (χ2n) is 25.9. The van der Waals surface area contributed by atoms with Gasteiger partial charge in [-0.3, -0.25) is 14.4 Å². The number of aromatic carboxylic acids is 1. The van der Waals surface area contributed by atoms with Gasteiger partial charge in [-0.05, 0) is 193 Å². The summed E-state index contributed by atoms with van der Waals surface area (Å²) in [5.74, 6) is -12.6. The Morgan fingerprint density at radius 2 is 0.560 bits per heavy atom. The summed E-state index contributed by atoms with van der Waals surface area (Å²) >= 11 is 5.55. The van der Waals surface area contributed by atoms with Crippen LogP contribution in [0.3, 0.4) is 0 Å². The molecule has 0 saturated carbocycles. The van der Waals surface area contributed by atoms with Gasteiger partial charge in [0, 0.05) is 53.2 Å². The van der Waals surface area contributed by atoms with Crippen molar-refractivity contribution in [2.24, 2.45) is 0 Å². The number of halogens is 10. The van der Waals surface area contributed by atoms with E-state index in [0.717, 1.165) is 12.1 Å². The van der Waals surface area contributed by atoms with E-state index in [1.165, 1.54) is 93.4 Å². The molecule has 0 bridgehead atoms. The molecule has 0 aliphatic carbocycles. The van der Waals surface area contributed by atoms with Crippen molar-refractivity contribution in [2.75, 3.05) is 56.4 Å². The Morgan fingerprint density at radius 3 is 0.791 bits per heavy atom. The van der Waals surface area contributed by atoms with E-state index in [1.54, 1.807) is 0 Å². The summed E-state index contributed by atoms with van der Waals surface area (Å²) in [4.78, 5) is 48.8. The van der Waals surface area contributed by atoms with E-state index >= 15 is 0 Å². The minimum absolute atomic E-state index is 0.00491. The summed E-state index contributed by atoms with van der Waals surface area (Å²) in [6.07, 6.45) is 0. The first-order valence-electron chi connectivity index (χ1n) is 28.4. The van der Waals surface area contributed by atoms with Crippen molar-refractivity contribution in [1.29, 1.82) is 0 Å². The second kappa shape index (κ2) is 30.2. The molecule has 0 atom stereocenters. The summed E-state index contributed by atoms with van der Waals surface area (Å²) in [5, 5.41) is 11.1. The van der Waals surface area contributed by atoms with Crippen LogP contribution in [-0.4, -0.2) is 173 Å².